The molecule has 0 unspecified atom stereocenters. The van der Waals surface area contributed by atoms with Crippen LogP contribution in [-0.4, -0.2) is 23.8 Å². The number of nitrogens with zero attached hydrogens (tertiary/aromatic N) is 1. The van der Waals surface area contributed by atoms with E-state index in [0.29, 0.717) is 12.0 Å². The third-order valence-corrected chi connectivity index (χ3v) is 3.09. The molecular formula is C14H16F3N3. The molecule has 1 heterocycles. The van der Waals surface area contributed by atoms with Crippen molar-refractivity contribution < 1.29 is 13.2 Å². The molecule has 0 bridgehead atoms. The van der Waals surface area contributed by atoms with E-state index < -0.39 is 11.7 Å². The van der Waals surface area contributed by atoms with Crippen LogP contribution in [0.2, 0.25) is 0 Å². The van der Waals surface area contributed by atoms with Gasteiger partial charge in [0.15, 0.2) is 0 Å². The quantitative estimate of drug-likeness (QED) is 0.827. The maximum atomic E-state index is 13.0. The fourth-order valence-electron chi connectivity index (χ4n) is 2.14. The summed E-state index contributed by atoms with van der Waals surface area (Å²) in [5.74, 6) is 0. The van der Waals surface area contributed by atoms with Crippen molar-refractivity contribution in [1.82, 2.24) is 15.5 Å². The fourth-order valence-corrected chi connectivity index (χ4v) is 2.14. The summed E-state index contributed by atoms with van der Waals surface area (Å²) >= 11 is 0. The Hall–Kier alpha value is -1.82. The SMILES string of the molecule is CNCCCc1[nH]ncc1-c1ccccc1C(F)(F)F. The maximum absolute atomic E-state index is 13.0. The first kappa shape index (κ1) is 14.6. The number of aromatic nitrogens is 2. The van der Waals surface area contributed by atoms with E-state index >= 15 is 0 Å². The first-order valence-electron chi connectivity index (χ1n) is 6.37. The van der Waals surface area contributed by atoms with Crippen molar-refractivity contribution in [1.29, 1.82) is 0 Å². The Morgan fingerprint density at radius 2 is 1.95 bits per heavy atom. The summed E-state index contributed by atoms with van der Waals surface area (Å²) in [5.41, 5.74) is 0.801. The van der Waals surface area contributed by atoms with Gasteiger partial charge in [-0.1, -0.05) is 18.2 Å². The zero-order valence-corrected chi connectivity index (χ0v) is 11.1. The number of alkyl halides is 3. The molecule has 1 aromatic carbocycles. The summed E-state index contributed by atoms with van der Waals surface area (Å²) in [6, 6.07) is 5.58. The second-order valence-corrected chi connectivity index (χ2v) is 4.51. The van der Waals surface area contributed by atoms with Crippen LogP contribution in [0.4, 0.5) is 13.2 Å². The Morgan fingerprint density at radius 1 is 1.20 bits per heavy atom. The zero-order valence-electron chi connectivity index (χ0n) is 11.1. The van der Waals surface area contributed by atoms with Crippen LogP contribution in [0.25, 0.3) is 11.1 Å². The van der Waals surface area contributed by atoms with Crippen molar-refractivity contribution in [3.8, 4) is 11.1 Å². The molecule has 0 atom stereocenters. The predicted molar refractivity (Wildman–Crippen MR) is 71.3 cm³/mol. The molecule has 0 saturated carbocycles. The Kier molecular flexibility index (Phi) is 4.44. The van der Waals surface area contributed by atoms with E-state index in [-0.39, 0.29) is 5.56 Å². The Balaban J connectivity index is 2.35. The summed E-state index contributed by atoms with van der Waals surface area (Å²) in [6.45, 7) is 0.805. The average Bonchev–Trinajstić information content (AvgIpc) is 2.86. The molecule has 2 N–H and O–H groups in total. The molecule has 3 nitrogen and oxygen atoms in total. The van der Waals surface area contributed by atoms with Crippen LogP contribution in [0.5, 0.6) is 0 Å². The summed E-state index contributed by atoms with van der Waals surface area (Å²) < 4.78 is 39.1. The number of hydrogen-bond acceptors (Lipinski definition) is 2. The number of aryl methyl sites for hydroxylation is 1. The van der Waals surface area contributed by atoms with E-state index in [2.05, 4.69) is 15.5 Å². The molecule has 108 valence electrons. The summed E-state index contributed by atoms with van der Waals surface area (Å²) in [7, 11) is 1.84. The molecule has 6 heteroatoms. The number of benzene rings is 1. The number of nitrogens with one attached hydrogen (secondary N) is 2. The largest absolute Gasteiger partial charge is 0.417 e. The summed E-state index contributed by atoms with van der Waals surface area (Å²) in [4.78, 5) is 0. The van der Waals surface area contributed by atoms with Crippen molar-refractivity contribution in [2.45, 2.75) is 19.0 Å². The highest BCUT2D eigenvalue weighted by Gasteiger charge is 2.33. The first-order chi connectivity index (χ1) is 9.54. The van der Waals surface area contributed by atoms with Gasteiger partial charge in [-0.25, -0.2) is 0 Å². The second kappa shape index (κ2) is 6.09. The van der Waals surface area contributed by atoms with Crippen molar-refractivity contribution >= 4 is 0 Å². The molecule has 20 heavy (non-hydrogen) atoms. The molecule has 0 aliphatic rings. The molecule has 0 aliphatic carbocycles. The van der Waals surface area contributed by atoms with Crippen LogP contribution in [0.15, 0.2) is 30.5 Å². The van der Waals surface area contributed by atoms with Gasteiger partial charge in [0.05, 0.1) is 11.8 Å². The lowest BCUT2D eigenvalue weighted by Crippen LogP contribution is -2.09. The predicted octanol–water partition coefficient (Wildman–Crippen LogP) is 3.25. The van der Waals surface area contributed by atoms with Crippen molar-refractivity contribution in [3.05, 3.63) is 41.7 Å². The van der Waals surface area contributed by atoms with E-state index in [1.807, 2.05) is 7.05 Å². The summed E-state index contributed by atoms with van der Waals surface area (Å²) in [6.07, 6.45) is -1.42. The van der Waals surface area contributed by atoms with Gasteiger partial charge < -0.3 is 5.32 Å². The molecular weight excluding hydrogens is 267 g/mol. The highest BCUT2D eigenvalue weighted by atomic mass is 19.4. The van der Waals surface area contributed by atoms with Gasteiger partial charge in [-0.15, -0.1) is 0 Å². The van der Waals surface area contributed by atoms with Crippen molar-refractivity contribution in [2.24, 2.45) is 0 Å². The number of aromatic amines is 1. The zero-order chi connectivity index (χ0) is 14.6. The average molecular weight is 283 g/mol. The number of halogens is 3. The normalized spacial score (nSPS) is 11.8. The summed E-state index contributed by atoms with van der Waals surface area (Å²) in [5, 5.41) is 9.70. The minimum Gasteiger partial charge on any atom is -0.320 e. The smallest absolute Gasteiger partial charge is 0.320 e. The van der Waals surface area contributed by atoms with Crippen LogP contribution >= 0.6 is 0 Å². The van der Waals surface area contributed by atoms with E-state index in [4.69, 9.17) is 0 Å². The Morgan fingerprint density at radius 3 is 2.65 bits per heavy atom. The van der Waals surface area contributed by atoms with Crippen molar-refractivity contribution in [2.75, 3.05) is 13.6 Å². The highest BCUT2D eigenvalue weighted by molar-refractivity contribution is 5.69. The van der Waals surface area contributed by atoms with Gasteiger partial charge in [0.25, 0.3) is 0 Å². The minimum absolute atomic E-state index is 0.174. The third kappa shape index (κ3) is 3.19. The minimum atomic E-state index is -4.36. The monoisotopic (exact) mass is 283 g/mol. The van der Waals surface area contributed by atoms with Crippen LogP contribution in [0, 0.1) is 0 Å². The Bertz CT molecular complexity index is 561. The number of hydrogen-bond donors (Lipinski definition) is 2. The molecule has 0 spiro atoms. The van der Waals surface area contributed by atoms with Crippen molar-refractivity contribution in [3.63, 3.8) is 0 Å². The van der Waals surface area contributed by atoms with Gasteiger partial charge in [0.1, 0.15) is 0 Å². The Labute approximate surface area is 115 Å². The van der Waals surface area contributed by atoms with Crippen LogP contribution in [-0.2, 0) is 12.6 Å². The molecule has 0 radical (unpaired) electrons. The van der Waals surface area contributed by atoms with Gasteiger partial charge in [-0.2, -0.15) is 18.3 Å². The topological polar surface area (TPSA) is 40.7 Å². The van der Waals surface area contributed by atoms with Gasteiger partial charge >= 0.3 is 6.18 Å². The van der Waals surface area contributed by atoms with Gasteiger partial charge in [-0.05, 0) is 38.1 Å². The van der Waals surface area contributed by atoms with Gasteiger partial charge in [0, 0.05) is 11.3 Å². The molecule has 1 aromatic heterocycles. The first-order valence-corrected chi connectivity index (χ1v) is 6.37. The van der Waals surface area contributed by atoms with Crippen LogP contribution in [0.3, 0.4) is 0 Å². The molecule has 0 saturated heterocycles. The lowest BCUT2D eigenvalue weighted by Gasteiger charge is -2.12. The van der Waals surface area contributed by atoms with Crippen LogP contribution in [0.1, 0.15) is 17.7 Å². The number of H-pyrrole nitrogens is 1. The molecule has 2 rings (SSSR count). The van der Waals surface area contributed by atoms with E-state index in [1.165, 1.54) is 18.3 Å². The molecule has 0 amide bonds. The highest BCUT2D eigenvalue weighted by Crippen LogP contribution is 2.37. The third-order valence-electron chi connectivity index (χ3n) is 3.09. The van der Waals surface area contributed by atoms with E-state index in [9.17, 15) is 13.2 Å². The van der Waals surface area contributed by atoms with Gasteiger partial charge in [-0.3, -0.25) is 5.10 Å². The maximum Gasteiger partial charge on any atom is 0.417 e. The van der Waals surface area contributed by atoms with Crippen LogP contribution < -0.4 is 5.32 Å². The van der Waals surface area contributed by atoms with Gasteiger partial charge in [0.2, 0.25) is 0 Å². The molecule has 0 fully saturated rings. The van der Waals surface area contributed by atoms with E-state index in [1.54, 1.807) is 6.07 Å². The molecule has 0 aliphatic heterocycles. The lowest BCUT2D eigenvalue weighted by molar-refractivity contribution is -0.137. The van der Waals surface area contributed by atoms with E-state index in [0.717, 1.165) is 24.7 Å². The lowest BCUT2D eigenvalue weighted by atomic mass is 9.98. The standard InChI is InChI=1S/C14H16F3N3/c1-18-8-4-7-13-11(9-19-20-13)10-5-2-3-6-12(10)14(15,16)17/h2-3,5-6,9,18H,4,7-8H2,1H3,(H,19,20). The number of rotatable bonds is 5. The fraction of sp³-hybridized carbons (Fsp3) is 0.357. The molecule has 2 aromatic rings. The second-order valence-electron chi connectivity index (χ2n) is 4.51.